The van der Waals surface area contributed by atoms with Crippen molar-refractivity contribution in [3.8, 4) is 0 Å². The molecular formula is C12H12N4O3S. The number of hydrogen-bond acceptors (Lipinski definition) is 6. The first-order chi connectivity index (χ1) is 9.47. The number of non-ortho nitro benzene ring substituents is 1. The summed E-state index contributed by atoms with van der Waals surface area (Å²) in [4.78, 5) is 27.1. The van der Waals surface area contributed by atoms with E-state index in [0.717, 1.165) is 9.88 Å². The minimum Gasteiger partial charge on any atom is -0.398 e. The Labute approximate surface area is 118 Å². The van der Waals surface area contributed by atoms with Crippen LogP contribution < -0.4 is 11.1 Å². The van der Waals surface area contributed by atoms with Crippen LogP contribution >= 0.6 is 11.3 Å². The molecule has 2 rings (SSSR count). The Kier molecular flexibility index (Phi) is 3.94. The van der Waals surface area contributed by atoms with Gasteiger partial charge in [0.1, 0.15) is 0 Å². The molecule has 0 fully saturated rings. The number of amides is 1. The summed E-state index contributed by atoms with van der Waals surface area (Å²) in [6.07, 6.45) is 1.68. The van der Waals surface area contributed by atoms with Crippen molar-refractivity contribution in [1.29, 1.82) is 0 Å². The van der Waals surface area contributed by atoms with E-state index in [0.29, 0.717) is 6.54 Å². The first-order valence-electron chi connectivity index (χ1n) is 5.71. The van der Waals surface area contributed by atoms with Crippen LogP contribution in [0.1, 0.15) is 20.2 Å². The maximum absolute atomic E-state index is 12.0. The van der Waals surface area contributed by atoms with E-state index in [1.807, 2.05) is 6.92 Å². The molecule has 0 saturated carbocycles. The Morgan fingerprint density at radius 1 is 1.55 bits per heavy atom. The summed E-state index contributed by atoms with van der Waals surface area (Å²) in [6, 6.07) is 3.78. The second-order valence-electron chi connectivity index (χ2n) is 4.06. The summed E-state index contributed by atoms with van der Waals surface area (Å²) in [5, 5.41) is 14.3. The minimum atomic E-state index is -0.567. The Bertz CT molecular complexity index is 668. The average molecular weight is 292 g/mol. The number of benzene rings is 1. The number of anilines is 1. The molecule has 0 radical (unpaired) electrons. The number of nitrogens with one attached hydrogen (secondary N) is 1. The molecule has 8 heteroatoms. The highest BCUT2D eigenvalue weighted by molar-refractivity contribution is 7.11. The Balaban J connectivity index is 2.12. The van der Waals surface area contributed by atoms with E-state index < -0.39 is 10.8 Å². The van der Waals surface area contributed by atoms with Crippen LogP contribution in [0.15, 0.2) is 24.4 Å². The summed E-state index contributed by atoms with van der Waals surface area (Å²) < 4.78 is 0. The van der Waals surface area contributed by atoms with Gasteiger partial charge in [-0.05, 0) is 13.0 Å². The maximum atomic E-state index is 12.0. The largest absolute Gasteiger partial charge is 0.398 e. The van der Waals surface area contributed by atoms with Gasteiger partial charge in [-0.2, -0.15) is 0 Å². The lowest BCUT2D eigenvalue weighted by atomic mass is 10.1. The van der Waals surface area contributed by atoms with Gasteiger partial charge in [-0.25, -0.2) is 4.98 Å². The molecule has 0 spiro atoms. The molecule has 1 heterocycles. The van der Waals surface area contributed by atoms with Crippen LogP contribution in [0.3, 0.4) is 0 Å². The molecular weight excluding hydrogens is 280 g/mol. The molecule has 0 bridgehead atoms. The number of aryl methyl sites for hydroxylation is 1. The standard InChI is InChI=1S/C12H12N4O3S/c1-7-14-5-9(20-7)6-15-12(17)10-4-8(16(18)19)2-3-11(10)13/h2-5H,6,13H2,1H3,(H,15,17). The summed E-state index contributed by atoms with van der Waals surface area (Å²) in [5.74, 6) is -0.447. The van der Waals surface area contributed by atoms with Crippen LogP contribution in [0.25, 0.3) is 0 Å². The van der Waals surface area contributed by atoms with Crippen LogP contribution in [0, 0.1) is 17.0 Å². The highest BCUT2D eigenvalue weighted by atomic mass is 32.1. The van der Waals surface area contributed by atoms with Crippen LogP contribution in [-0.2, 0) is 6.54 Å². The fourth-order valence-electron chi connectivity index (χ4n) is 1.60. The smallest absolute Gasteiger partial charge is 0.270 e. The Morgan fingerprint density at radius 2 is 2.30 bits per heavy atom. The number of carbonyl (C=O) groups is 1. The highest BCUT2D eigenvalue weighted by Gasteiger charge is 2.15. The molecule has 0 aliphatic rings. The van der Waals surface area contributed by atoms with E-state index >= 15 is 0 Å². The fraction of sp³-hybridized carbons (Fsp3) is 0.167. The van der Waals surface area contributed by atoms with E-state index in [1.54, 1.807) is 6.20 Å². The van der Waals surface area contributed by atoms with Gasteiger partial charge in [-0.3, -0.25) is 14.9 Å². The van der Waals surface area contributed by atoms with Crippen molar-refractivity contribution in [3.63, 3.8) is 0 Å². The van der Waals surface area contributed by atoms with Crippen LogP contribution in [0.2, 0.25) is 0 Å². The molecule has 3 N–H and O–H groups in total. The number of nitrogens with two attached hydrogens (primary N) is 1. The first-order valence-corrected chi connectivity index (χ1v) is 6.52. The van der Waals surface area contributed by atoms with Gasteiger partial charge in [-0.15, -0.1) is 11.3 Å². The van der Waals surface area contributed by atoms with E-state index in [-0.39, 0.29) is 16.9 Å². The third kappa shape index (κ3) is 3.09. The molecule has 0 aliphatic carbocycles. The molecule has 7 nitrogen and oxygen atoms in total. The molecule has 20 heavy (non-hydrogen) atoms. The van der Waals surface area contributed by atoms with Crippen molar-refractivity contribution in [2.45, 2.75) is 13.5 Å². The number of nitrogen functional groups attached to an aromatic ring is 1. The number of carbonyl (C=O) groups excluding carboxylic acids is 1. The Hall–Kier alpha value is -2.48. The van der Waals surface area contributed by atoms with Gasteiger partial charge in [0.15, 0.2) is 0 Å². The lowest BCUT2D eigenvalue weighted by Crippen LogP contribution is -2.23. The molecule has 0 aliphatic heterocycles. The van der Waals surface area contributed by atoms with Crippen molar-refractivity contribution in [3.05, 3.63) is 50.0 Å². The van der Waals surface area contributed by atoms with Crippen molar-refractivity contribution >= 4 is 28.6 Å². The van der Waals surface area contributed by atoms with E-state index in [9.17, 15) is 14.9 Å². The molecule has 2 aromatic rings. The van der Waals surface area contributed by atoms with Gasteiger partial charge < -0.3 is 11.1 Å². The van der Waals surface area contributed by atoms with Gasteiger partial charge in [-0.1, -0.05) is 0 Å². The number of aromatic nitrogens is 1. The van der Waals surface area contributed by atoms with Gasteiger partial charge in [0.05, 0.1) is 22.0 Å². The zero-order valence-electron chi connectivity index (χ0n) is 10.6. The average Bonchev–Trinajstić information content (AvgIpc) is 2.82. The van der Waals surface area contributed by atoms with Gasteiger partial charge in [0, 0.05) is 28.9 Å². The quantitative estimate of drug-likeness (QED) is 0.507. The minimum absolute atomic E-state index is 0.0976. The first kappa shape index (κ1) is 13.9. The molecule has 0 atom stereocenters. The summed E-state index contributed by atoms with van der Waals surface area (Å²) in [5.41, 5.74) is 5.80. The zero-order chi connectivity index (χ0) is 14.7. The summed E-state index contributed by atoms with van der Waals surface area (Å²) in [6.45, 7) is 2.18. The third-order valence-electron chi connectivity index (χ3n) is 2.58. The van der Waals surface area contributed by atoms with Crippen LogP contribution in [0.4, 0.5) is 11.4 Å². The van der Waals surface area contributed by atoms with Gasteiger partial charge >= 0.3 is 0 Å². The molecule has 1 aromatic heterocycles. The zero-order valence-corrected chi connectivity index (χ0v) is 11.4. The second kappa shape index (κ2) is 5.66. The van der Waals surface area contributed by atoms with E-state index in [2.05, 4.69) is 10.3 Å². The van der Waals surface area contributed by atoms with E-state index in [1.165, 1.54) is 29.5 Å². The SMILES string of the molecule is Cc1ncc(CNC(=O)c2cc([N+](=O)[O-])ccc2N)s1. The summed E-state index contributed by atoms with van der Waals surface area (Å²) >= 11 is 1.47. The van der Waals surface area contributed by atoms with Crippen LogP contribution in [-0.4, -0.2) is 15.8 Å². The van der Waals surface area contributed by atoms with Gasteiger partial charge in [0.25, 0.3) is 11.6 Å². The normalized spacial score (nSPS) is 10.2. The van der Waals surface area contributed by atoms with Crippen molar-refractivity contribution in [1.82, 2.24) is 10.3 Å². The molecule has 0 unspecified atom stereocenters. The second-order valence-corrected chi connectivity index (χ2v) is 5.38. The lowest BCUT2D eigenvalue weighted by Gasteiger charge is -2.06. The Morgan fingerprint density at radius 3 is 2.90 bits per heavy atom. The van der Waals surface area contributed by atoms with Crippen molar-refractivity contribution in [2.24, 2.45) is 0 Å². The predicted molar refractivity (Wildman–Crippen MR) is 75.5 cm³/mol. The topological polar surface area (TPSA) is 111 Å². The summed E-state index contributed by atoms with van der Waals surface area (Å²) in [7, 11) is 0. The third-order valence-corrected chi connectivity index (χ3v) is 3.50. The van der Waals surface area contributed by atoms with Crippen molar-refractivity contribution in [2.75, 3.05) is 5.73 Å². The molecule has 1 aromatic carbocycles. The fourth-order valence-corrected chi connectivity index (χ4v) is 2.34. The number of nitrogens with zero attached hydrogens (tertiary/aromatic N) is 2. The van der Waals surface area contributed by atoms with E-state index in [4.69, 9.17) is 5.73 Å². The van der Waals surface area contributed by atoms with Crippen molar-refractivity contribution < 1.29 is 9.72 Å². The number of hydrogen-bond donors (Lipinski definition) is 2. The molecule has 104 valence electrons. The molecule has 0 saturated heterocycles. The number of nitro benzene ring substituents is 1. The predicted octanol–water partition coefficient (Wildman–Crippen LogP) is 1.87. The number of nitro groups is 1. The maximum Gasteiger partial charge on any atom is 0.270 e. The monoisotopic (exact) mass is 292 g/mol. The lowest BCUT2D eigenvalue weighted by molar-refractivity contribution is -0.384. The number of rotatable bonds is 4. The van der Waals surface area contributed by atoms with Crippen LogP contribution in [0.5, 0.6) is 0 Å². The number of thiazole rings is 1. The molecule has 1 amide bonds. The van der Waals surface area contributed by atoms with Gasteiger partial charge in [0.2, 0.25) is 0 Å². The highest BCUT2D eigenvalue weighted by Crippen LogP contribution is 2.20.